The molecule has 3 rings (SSSR count). The Morgan fingerprint density at radius 1 is 1.23 bits per heavy atom. The average Bonchev–Trinajstić information content (AvgIpc) is 3.03. The number of aromatic amines is 1. The minimum Gasteiger partial charge on any atom is -0.305 e. The number of hydrogen-bond donors (Lipinski definition) is 2. The van der Waals surface area contributed by atoms with Crippen LogP contribution in [-0.2, 0) is 6.42 Å². The number of amides is 1. The van der Waals surface area contributed by atoms with Gasteiger partial charge in [0, 0.05) is 35.3 Å². The number of nitrogens with zero attached hydrogens (tertiary/aromatic N) is 3. The lowest BCUT2D eigenvalue weighted by atomic mass is 10.0. The molecular formula is C16H15N5O. The van der Waals surface area contributed by atoms with Gasteiger partial charge in [0.05, 0.1) is 0 Å². The molecule has 2 aromatic heterocycles. The third-order valence-electron chi connectivity index (χ3n) is 3.30. The Hall–Kier alpha value is -3.02. The second-order valence-electron chi connectivity index (χ2n) is 4.76. The van der Waals surface area contributed by atoms with Crippen LogP contribution in [0.4, 0.5) is 5.82 Å². The number of benzene rings is 1. The Labute approximate surface area is 127 Å². The van der Waals surface area contributed by atoms with E-state index in [-0.39, 0.29) is 5.91 Å². The van der Waals surface area contributed by atoms with Gasteiger partial charge in [-0.2, -0.15) is 5.10 Å². The number of aryl methyl sites for hydroxylation is 1. The van der Waals surface area contributed by atoms with Gasteiger partial charge in [-0.3, -0.25) is 9.89 Å². The van der Waals surface area contributed by atoms with Gasteiger partial charge in [0.1, 0.15) is 6.33 Å². The molecular weight excluding hydrogens is 278 g/mol. The summed E-state index contributed by atoms with van der Waals surface area (Å²) < 4.78 is 0. The maximum Gasteiger partial charge on any atom is 0.257 e. The SMILES string of the molecule is CCc1cc(NC(=O)c2ccccc2-c2cncnc2)n[nH]1. The molecule has 6 heteroatoms. The zero-order chi connectivity index (χ0) is 15.4. The third-order valence-corrected chi connectivity index (χ3v) is 3.30. The first kappa shape index (κ1) is 13.9. The van der Waals surface area contributed by atoms with Crippen molar-refractivity contribution < 1.29 is 4.79 Å². The largest absolute Gasteiger partial charge is 0.305 e. The Kier molecular flexibility index (Phi) is 3.91. The maximum absolute atomic E-state index is 12.5. The van der Waals surface area contributed by atoms with Gasteiger partial charge in [-0.15, -0.1) is 0 Å². The average molecular weight is 293 g/mol. The number of nitrogens with one attached hydrogen (secondary N) is 2. The molecule has 2 heterocycles. The molecule has 0 aliphatic heterocycles. The molecule has 1 aromatic carbocycles. The minimum atomic E-state index is -0.214. The summed E-state index contributed by atoms with van der Waals surface area (Å²) in [6.45, 7) is 2.02. The highest BCUT2D eigenvalue weighted by Crippen LogP contribution is 2.23. The number of hydrogen-bond acceptors (Lipinski definition) is 4. The number of aromatic nitrogens is 4. The van der Waals surface area contributed by atoms with Gasteiger partial charge in [0.25, 0.3) is 5.91 Å². The third kappa shape index (κ3) is 2.85. The number of rotatable bonds is 4. The summed E-state index contributed by atoms with van der Waals surface area (Å²) in [5, 5.41) is 9.75. The lowest BCUT2D eigenvalue weighted by molar-refractivity contribution is 0.102. The lowest BCUT2D eigenvalue weighted by Crippen LogP contribution is -2.13. The van der Waals surface area contributed by atoms with E-state index in [1.54, 1.807) is 18.5 Å². The second kappa shape index (κ2) is 6.17. The standard InChI is InChI=1S/C16H15N5O/c1-2-12-7-15(21-20-12)19-16(22)14-6-4-3-5-13(14)11-8-17-10-18-9-11/h3-10H,2H2,1H3,(H2,19,20,21,22). The summed E-state index contributed by atoms with van der Waals surface area (Å²) in [6.07, 6.45) is 5.66. The predicted octanol–water partition coefficient (Wildman–Crippen LogP) is 2.68. The molecule has 0 saturated heterocycles. The Balaban J connectivity index is 1.90. The molecule has 0 fully saturated rings. The molecule has 0 radical (unpaired) electrons. The highest BCUT2D eigenvalue weighted by Gasteiger charge is 2.14. The van der Waals surface area contributed by atoms with Crippen LogP contribution >= 0.6 is 0 Å². The van der Waals surface area contributed by atoms with Crippen molar-refractivity contribution in [1.82, 2.24) is 20.2 Å². The van der Waals surface area contributed by atoms with Crippen LogP contribution in [0.15, 0.2) is 49.1 Å². The van der Waals surface area contributed by atoms with Crippen LogP contribution < -0.4 is 5.32 Å². The van der Waals surface area contributed by atoms with Crippen molar-refractivity contribution in [1.29, 1.82) is 0 Å². The summed E-state index contributed by atoms with van der Waals surface area (Å²) in [7, 11) is 0. The van der Waals surface area contributed by atoms with Crippen LogP contribution in [0.25, 0.3) is 11.1 Å². The molecule has 0 aliphatic carbocycles. The summed E-state index contributed by atoms with van der Waals surface area (Å²) in [5.74, 6) is 0.301. The maximum atomic E-state index is 12.5. The van der Waals surface area contributed by atoms with Crippen molar-refractivity contribution >= 4 is 11.7 Å². The van der Waals surface area contributed by atoms with E-state index in [0.29, 0.717) is 11.4 Å². The molecule has 0 atom stereocenters. The van der Waals surface area contributed by atoms with Crippen molar-refractivity contribution in [3.05, 3.63) is 60.3 Å². The fourth-order valence-corrected chi connectivity index (χ4v) is 2.16. The first-order valence-corrected chi connectivity index (χ1v) is 6.98. The zero-order valence-corrected chi connectivity index (χ0v) is 12.1. The fourth-order valence-electron chi connectivity index (χ4n) is 2.16. The van der Waals surface area contributed by atoms with Crippen molar-refractivity contribution in [2.45, 2.75) is 13.3 Å². The van der Waals surface area contributed by atoms with Crippen LogP contribution in [-0.4, -0.2) is 26.1 Å². The van der Waals surface area contributed by atoms with E-state index in [2.05, 4.69) is 25.5 Å². The molecule has 0 saturated carbocycles. The van der Waals surface area contributed by atoms with E-state index in [0.717, 1.165) is 23.2 Å². The van der Waals surface area contributed by atoms with Crippen LogP contribution in [0.3, 0.4) is 0 Å². The van der Waals surface area contributed by atoms with Gasteiger partial charge in [-0.25, -0.2) is 9.97 Å². The Morgan fingerprint density at radius 2 is 2.00 bits per heavy atom. The normalized spacial score (nSPS) is 10.4. The van der Waals surface area contributed by atoms with E-state index < -0.39 is 0 Å². The smallest absolute Gasteiger partial charge is 0.257 e. The number of carbonyl (C=O) groups is 1. The van der Waals surface area contributed by atoms with Crippen LogP contribution in [0, 0.1) is 0 Å². The monoisotopic (exact) mass is 293 g/mol. The predicted molar refractivity (Wildman–Crippen MR) is 83.4 cm³/mol. The topological polar surface area (TPSA) is 83.6 Å². The van der Waals surface area contributed by atoms with Crippen LogP contribution in [0.2, 0.25) is 0 Å². The lowest BCUT2D eigenvalue weighted by Gasteiger charge is -2.08. The zero-order valence-electron chi connectivity index (χ0n) is 12.1. The number of carbonyl (C=O) groups excluding carboxylic acids is 1. The van der Waals surface area contributed by atoms with Gasteiger partial charge in [-0.1, -0.05) is 25.1 Å². The number of H-pyrrole nitrogens is 1. The van der Waals surface area contributed by atoms with E-state index >= 15 is 0 Å². The summed E-state index contributed by atoms with van der Waals surface area (Å²) in [6, 6.07) is 9.17. The summed E-state index contributed by atoms with van der Waals surface area (Å²) >= 11 is 0. The van der Waals surface area contributed by atoms with Crippen molar-refractivity contribution in [3.63, 3.8) is 0 Å². The quantitative estimate of drug-likeness (QED) is 0.774. The highest BCUT2D eigenvalue weighted by molar-refractivity contribution is 6.08. The van der Waals surface area contributed by atoms with Gasteiger partial charge >= 0.3 is 0 Å². The molecule has 0 spiro atoms. The molecule has 1 amide bonds. The molecule has 6 nitrogen and oxygen atoms in total. The van der Waals surface area contributed by atoms with Gasteiger partial charge in [0.15, 0.2) is 5.82 Å². The molecule has 0 unspecified atom stereocenters. The second-order valence-corrected chi connectivity index (χ2v) is 4.76. The van der Waals surface area contributed by atoms with Crippen LogP contribution in [0.5, 0.6) is 0 Å². The molecule has 110 valence electrons. The Bertz CT molecular complexity index is 782. The van der Waals surface area contributed by atoms with Crippen molar-refractivity contribution in [2.75, 3.05) is 5.32 Å². The van der Waals surface area contributed by atoms with Gasteiger partial charge < -0.3 is 5.32 Å². The van der Waals surface area contributed by atoms with Gasteiger partial charge in [0.2, 0.25) is 0 Å². The molecule has 3 aromatic rings. The van der Waals surface area contributed by atoms with Crippen molar-refractivity contribution in [2.24, 2.45) is 0 Å². The first-order chi connectivity index (χ1) is 10.8. The van der Waals surface area contributed by atoms with E-state index in [4.69, 9.17) is 0 Å². The molecule has 0 bridgehead atoms. The molecule has 0 aliphatic rings. The molecule has 22 heavy (non-hydrogen) atoms. The number of anilines is 1. The minimum absolute atomic E-state index is 0.214. The van der Waals surface area contributed by atoms with Crippen molar-refractivity contribution in [3.8, 4) is 11.1 Å². The highest BCUT2D eigenvalue weighted by atomic mass is 16.1. The van der Waals surface area contributed by atoms with Crippen LogP contribution in [0.1, 0.15) is 23.0 Å². The van der Waals surface area contributed by atoms with E-state index in [9.17, 15) is 4.79 Å². The van der Waals surface area contributed by atoms with Gasteiger partial charge in [-0.05, 0) is 18.1 Å². The fraction of sp³-hybridized carbons (Fsp3) is 0.125. The van der Waals surface area contributed by atoms with E-state index in [1.165, 1.54) is 6.33 Å². The Morgan fingerprint density at radius 3 is 2.73 bits per heavy atom. The summed E-state index contributed by atoms with van der Waals surface area (Å²) in [4.78, 5) is 20.5. The summed E-state index contributed by atoms with van der Waals surface area (Å²) in [5.41, 5.74) is 3.11. The van der Waals surface area contributed by atoms with E-state index in [1.807, 2.05) is 31.2 Å². The molecule has 2 N–H and O–H groups in total. The first-order valence-electron chi connectivity index (χ1n) is 6.98.